The molecule has 0 saturated carbocycles. The summed E-state index contributed by atoms with van der Waals surface area (Å²) in [5, 5.41) is 2.97. The minimum Gasteiger partial charge on any atom is -0.467 e. The number of carbonyl (C=O) groups is 1. The maximum absolute atomic E-state index is 12.7. The normalized spacial score (nSPS) is 23.4. The summed E-state index contributed by atoms with van der Waals surface area (Å²) in [5.74, 6) is -0.552. The van der Waals surface area contributed by atoms with Crippen LogP contribution >= 0.6 is 0 Å². The zero-order valence-electron chi connectivity index (χ0n) is 10.4. The molecule has 2 rings (SSSR count). The van der Waals surface area contributed by atoms with Gasteiger partial charge in [-0.1, -0.05) is 12.1 Å². The lowest BCUT2D eigenvalue weighted by atomic mass is 9.87. The topological polar surface area (TPSA) is 38.3 Å². The predicted octanol–water partition coefficient (Wildman–Crippen LogP) is 2.46. The third-order valence-corrected chi connectivity index (χ3v) is 3.37. The minimum absolute atomic E-state index is 0.298. The zero-order chi connectivity index (χ0) is 14.1. The van der Waals surface area contributed by atoms with Gasteiger partial charge in [0.25, 0.3) is 0 Å². The highest BCUT2D eigenvalue weighted by molar-refractivity contribution is 5.83. The van der Waals surface area contributed by atoms with Gasteiger partial charge in [0.1, 0.15) is 5.54 Å². The van der Waals surface area contributed by atoms with Gasteiger partial charge in [-0.05, 0) is 37.1 Å². The lowest BCUT2D eigenvalue weighted by molar-refractivity contribution is -0.148. The third-order valence-electron chi connectivity index (χ3n) is 3.37. The molecule has 1 heterocycles. The molecule has 104 valence electrons. The number of nitrogens with one attached hydrogen (secondary N) is 1. The number of hydrogen-bond donors (Lipinski definition) is 1. The van der Waals surface area contributed by atoms with Gasteiger partial charge < -0.3 is 4.74 Å². The Morgan fingerprint density at radius 3 is 2.68 bits per heavy atom. The monoisotopic (exact) mass is 273 g/mol. The average Bonchev–Trinajstić information content (AvgIpc) is 2.87. The molecular weight excluding hydrogens is 259 g/mol. The van der Waals surface area contributed by atoms with Crippen LogP contribution in [0, 0.1) is 0 Å². The number of halogens is 3. The van der Waals surface area contributed by atoms with Crippen LogP contribution in [0.25, 0.3) is 0 Å². The van der Waals surface area contributed by atoms with E-state index in [2.05, 4.69) is 5.32 Å². The van der Waals surface area contributed by atoms with E-state index in [1.54, 1.807) is 0 Å². The number of ether oxygens (including phenoxy) is 1. The third kappa shape index (κ3) is 2.45. The number of hydrogen-bond acceptors (Lipinski definition) is 3. The molecule has 0 aromatic heterocycles. The van der Waals surface area contributed by atoms with Crippen LogP contribution in [0.3, 0.4) is 0 Å². The summed E-state index contributed by atoms with van der Waals surface area (Å²) >= 11 is 0. The van der Waals surface area contributed by atoms with Gasteiger partial charge in [0.15, 0.2) is 0 Å². The molecule has 1 unspecified atom stereocenters. The summed E-state index contributed by atoms with van der Waals surface area (Å²) in [6.07, 6.45) is -3.28. The quantitative estimate of drug-likeness (QED) is 0.841. The van der Waals surface area contributed by atoms with Gasteiger partial charge in [-0.3, -0.25) is 5.32 Å². The van der Waals surface area contributed by atoms with Crippen LogP contribution in [0.4, 0.5) is 13.2 Å². The number of benzene rings is 1. The van der Waals surface area contributed by atoms with Gasteiger partial charge in [0.2, 0.25) is 0 Å². The Labute approximate surface area is 108 Å². The minimum atomic E-state index is -4.42. The van der Waals surface area contributed by atoms with Gasteiger partial charge in [-0.15, -0.1) is 0 Å². The molecule has 0 amide bonds. The van der Waals surface area contributed by atoms with Crippen LogP contribution in [0.5, 0.6) is 0 Å². The molecule has 1 aliphatic rings. The van der Waals surface area contributed by atoms with Crippen molar-refractivity contribution in [3.05, 3.63) is 35.4 Å². The molecule has 1 aromatic rings. The molecule has 1 atom stereocenters. The van der Waals surface area contributed by atoms with Crippen LogP contribution in [-0.2, 0) is 21.2 Å². The maximum atomic E-state index is 12.7. The van der Waals surface area contributed by atoms with Gasteiger partial charge in [0.05, 0.1) is 12.7 Å². The fourth-order valence-corrected chi connectivity index (χ4v) is 2.42. The molecule has 1 fully saturated rings. The predicted molar refractivity (Wildman–Crippen MR) is 62.4 cm³/mol. The van der Waals surface area contributed by atoms with E-state index in [-0.39, 0.29) is 0 Å². The second-order valence-electron chi connectivity index (χ2n) is 4.51. The summed E-state index contributed by atoms with van der Waals surface area (Å²) in [7, 11) is 1.23. The zero-order valence-corrected chi connectivity index (χ0v) is 10.4. The first-order valence-corrected chi connectivity index (χ1v) is 5.91. The number of carbonyl (C=O) groups excluding carboxylic acids is 1. The van der Waals surface area contributed by atoms with Crippen molar-refractivity contribution in [1.82, 2.24) is 5.32 Å². The van der Waals surface area contributed by atoms with E-state index in [9.17, 15) is 18.0 Å². The van der Waals surface area contributed by atoms with Crippen LogP contribution in [0.15, 0.2) is 24.3 Å². The fourth-order valence-electron chi connectivity index (χ4n) is 2.42. The lowest BCUT2D eigenvalue weighted by Gasteiger charge is -2.27. The summed E-state index contributed by atoms with van der Waals surface area (Å²) in [6.45, 7) is 0.575. The van der Waals surface area contributed by atoms with Crippen LogP contribution in [0.2, 0.25) is 0 Å². The molecule has 0 bridgehead atoms. The molecule has 1 saturated heterocycles. The highest BCUT2D eigenvalue weighted by Crippen LogP contribution is 2.36. The van der Waals surface area contributed by atoms with E-state index in [0.717, 1.165) is 12.1 Å². The van der Waals surface area contributed by atoms with Crippen molar-refractivity contribution in [1.29, 1.82) is 0 Å². The molecule has 0 spiro atoms. The molecule has 3 nitrogen and oxygen atoms in total. The second-order valence-corrected chi connectivity index (χ2v) is 4.51. The van der Waals surface area contributed by atoms with Crippen LogP contribution < -0.4 is 5.32 Å². The van der Waals surface area contributed by atoms with Gasteiger partial charge in [-0.2, -0.15) is 13.2 Å². The average molecular weight is 273 g/mol. The lowest BCUT2D eigenvalue weighted by Crippen LogP contribution is -2.45. The molecular formula is C13H14F3NO2. The van der Waals surface area contributed by atoms with Gasteiger partial charge in [-0.25, -0.2) is 4.79 Å². The summed E-state index contributed by atoms with van der Waals surface area (Å²) < 4.78 is 42.9. The maximum Gasteiger partial charge on any atom is 0.416 e. The van der Waals surface area contributed by atoms with Crippen molar-refractivity contribution >= 4 is 5.97 Å². The van der Waals surface area contributed by atoms with Gasteiger partial charge >= 0.3 is 12.1 Å². The highest BCUT2D eigenvalue weighted by atomic mass is 19.4. The number of methoxy groups -OCH3 is 1. The van der Waals surface area contributed by atoms with Crippen molar-refractivity contribution in [3.63, 3.8) is 0 Å². The van der Waals surface area contributed by atoms with Crippen molar-refractivity contribution in [2.45, 2.75) is 24.6 Å². The van der Waals surface area contributed by atoms with Crippen molar-refractivity contribution in [2.24, 2.45) is 0 Å². The van der Waals surface area contributed by atoms with E-state index in [1.165, 1.54) is 19.2 Å². The SMILES string of the molecule is COC(=O)C1(c2cccc(C(F)(F)F)c2)CCCN1. The second kappa shape index (κ2) is 4.85. The fraction of sp³-hybridized carbons (Fsp3) is 0.462. The molecule has 0 aliphatic carbocycles. The van der Waals surface area contributed by atoms with E-state index in [4.69, 9.17) is 4.74 Å². The van der Waals surface area contributed by atoms with Crippen molar-refractivity contribution in [3.8, 4) is 0 Å². The Bertz CT molecular complexity index is 479. The van der Waals surface area contributed by atoms with E-state index in [1.807, 2.05) is 0 Å². The molecule has 1 aromatic carbocycles. The Morgan fingerprint density at radius 1 is 1.42 bits per heavy atom. The molecule has 0 radical (unpaired) electrons. The van der Waals surface area contributed by atoms with E-state index < -0.39 is 23.2 Å². The number of esters is 1. The first-order valence-electron chi connectivity index (χ1n) is 5.91. The first-order chi connectivity index (χ1) is 8.90. The van der Waals surface area contributed by atoms with Gasteiger partial charge in [0, 0.05) is 0 Å². The Morgan fingerprint density at radius 2 is 2.16 bits per heavy atom. The summed E-state index contributed by atoms with van der Waals surface area (Å²) in [4.78, 5) is 11.9. The number of rotatable bonds is 2. The standard InChI is InChI=1S/C13H14F3NO2/c1-19-11(18)12(6-3-7-17-12)9-4-2-5-10(8-9)13(14,15)16/h2,4-5,8,17H,3,6-7H2,1H3. The van der Waals surface area contributed by atoms with Crippen molar-refractivity contribution < 1.29 is 22.7 Å². The molecule has 1 N–H and O–H groups in total. The largest absolute Gasteiger partial charge is 0.467 e. The molecule has 6 heteroatoms. The van der Waals surface area contributed by atoms with E-state index >= 15 is 0 Å². The highest BCUT2D eigenvalue weighted by Gasteiger charge is 2.44. The Balaban J connectivity index is 2.46. The van der Waals surface area contributed by atoms with Crippen molar-refractivity contribution in [2.75, 3.05) is 13.7 Å². The Hall–Kier alpha value is -1.56. The molecule has 19 heavy (non-hydrogen) atoms. The van der Waals surface area contributed by atoms with Crippen LogP contribution in [-0.4, -0.2) is 19.6 Å². The molecule has 1 aliphatic heterocycles. The summed E-state index contributed by atoms with van der Waals surface area (Å²) in [5.41, 5.74) is -1.62. The van der Waals surface area contributed by atoms with Crippen LogP contribution in [0.1, 0.15) is 24.0 Å². The summed E-state index contributed by atoms with van der Waals surface area (Å²) in [6, 6.07) is 4.83. The Kier molecular flexibility index (Phi) is 3.54. The number of alkyl halides is 3. The smallest absolute Gasteiger partial charge is 0.416 e. The van der Waals surface area contributed by atoms with E-state index in [0.29, 0.717) is 24.9 Å². The first kappa shape index (κ1) is 13.9.